The summed E-state index contributed by atoms with van der Waals surface area (Å²) in [5, 5.41) is 29.0. The van der Waals surface area contributed by atoms with Gasteiger partial charge in [-0.05, 0) is 61.5 Å². The molecule has 0 radical (unpaired) electrons. The second kappa shape index (κ2) is 10.9. The Morgan fingerprint density at radius 2 is 1.71 bits per heavy atom. The molecular weight excluding hydrogens is 446 g/mol. The molecule has 1 aromatic heterocycles. The van der Waals surface area contributed by atoms with Crippen LogP contribution in [-0.2, 0) is 6.54 Å². The zero-order valence-corrected chi connectivity index (χ0v) is 19.4. The molecule has 0 amide bonds. The standard InChI is InChI=1S/C25H27N7O3/c1-2-30(15-16-33)21-9-7-20(8-10-21)29-28-19-5-3-18(4-6-19)25-27-23-17-22(32(34)35)11-12-24(23)31(25)14-13-26/h3-12,17,33H,2,13-16,26H2,1H3. The molecule has 10 heteroatoms. The highest BCUT2D eigenvalue weighted by atomic mass is 16.6. The Kier molecular flexibility index (Phi) is 7.44. The van der Waals surface area contributed by atoms with E-state index in [-0.39, 0.29) is 12.3 Å². The molecule has 4 aromatic rings. The van der Waals surface area contributed by atoms with E-state index in [1.165, 1.54) is 12.1 Å². The number of nitro benzene ring substituents is 1. The van der Waals surface area contributed by atoms with Gasteiger partial charge in [0.25, 0.3) is 5.69 Å². The molecule has 0 saturated carbocycles. The average Bonchev–Trinajstić information content (AvgIpc) is 3.24. The fraction of sp³-hybridized carbons (Fsp3) is 0.240. The number of fused-ring (bicyclic) bond motifs is 1. The average molecular weight is 474 g/mol. The highest BCUT2D eigenvalue weighted by Gasteiger charge is 2.15. The lowest BCUT2D eigenvalue weighted by molar-refractivity contribution is -0.384. The maximum absolute atomic E-state index is 11.1. The molecule has 4 rings (SSSR count). The van der Waals surface area contributed by atoms with E-state index < -0.39 is 4.92 Å². The summed E-state index contributed by atoms with van der Waals surface area (Å²) in [4.78, 5) is 17.4. The number of aromatic nitrogens is 2. The number of nitro groups is 1. The third-order valence-electron chi connectivity index (χ3n) is 5.67. The van der Waals surface area contributed by atoms with Gasteiger partial charge in [0.05, 0.1) is 33.9 Å². The topological polar surface area (TPSA) is 135 Å². The van der Waals surface area contributed by atoms with Crippen LogP contribution in [-0.4, -0.2) is 45.8 Å². The van der Waals surface area contributed by atoms with Crippen LogP contribution in [0, 0.1) is 10.1 Å². The zero-order valence-electron chi connectivity index (χ0n) is 19.4. The van der Waals surface area contributed by atoms with Crippen LogP contribution in [0.25, 0.3) is 22.4 Å². The first-order chi connectivity index (χ1) is 17.0. The Bertz CT molecular complexity index is 1330. The van der Waals surface area contributed by atoms with E-state index in [4.69, 9.17) is 5.73 Å². The van der Waals surface area contributed by atoms with Crippen molar-refractivity contribution in [3.63, 3.8) is 0 Å². The predicted molar refractivity (Wildman–Crippen MR) is 136 cm³/mol. The summed E-state index contributed by atoms with van der Waals surface area (Å²) < 4.78 is 1.97. The third kappa shape index (κ3) is 5.34. The minimum absolute atomic E-state index is 0.000963. The quantitative estimate of drug-likeness (QED) is 0.193. The number of rotatable bonds is 10. The number of aliphatic hydroxyl groups excluding tert-OH is 1. The van der Waals surface area contributed by atoms with Gasteiger partial charge in [0.15, 0.2) is 0 Å². The smallest absolute Gasteiger partial charge is 0.271 e. The second-order valence-electron chi connectivity index (χ2n) is 7.87. The zero-order chi connectivity index (χ0) is 24.8. The van der Waals surface area contributed by atoms with Crippen LogP contribution in [0.5, 0.6) is 0 Å². The fourth-order valence-corrected chi connectivity index (χ4v) is 3.92. The summed E-state index contributed by atoms with van der Waals surface area (Å²) in [5.74, 6) is 0.688. The van der Waals surface area contributed by atoms with Crippen LogP contribution < -0.4 is 10.6 Å². The lowest BCUT2D eigenvalue weighted by Crippen LogP contribution is -2.25. The molecule has 0 aliphatic carbocycles. The molecule has 10 nitrogen and oxygen atoms in total. The summed E-state index contributed by atoms with van der Waals surface area (Å²) in [6.07, 6.45) is 0. The van der Waals surface area contributed by atoms with Crippen molar-refractivity contribution in [1.82, 2.24) is 9.55 Å². The maximum atomic E-state index is 11.1. The largest absolute Gasteiger partial charge is 0.395 e. The first-order valence-corrected chi connectivity index (χ1v) is 11.4. The molecule has 0 aliphatic rings. The molecular formula is C25H27N7O3. The van der Waals surface area contributed by atoms with Crippen molar-refractivity contribution in [2.24, 2.45) is 16.0 Å². The van der Waals surface area contributed by atoms with E-state index in [2.05, 4.69) is 20.1 Å². The number of nitrogens with two attached hydrogens (primary N) is 1. The van der Waals surface area contributed by atoms with E-state index in [9.17, 15) is 15.2 Å². The molecule has 0 unspecified atom stereocenters. The van der Waals surface area contributed by atoms with E-state index in [0.717, 1.165) is 29.0 Å². The first-order valence-electron chi connectivity index (χ1n) is 11.4. The predicted octanol–water partition coefficient (Wildman–Crippen LogP) is 4.80. The van der Waals surface area contributed by atoms with Gasteiger partial charge in [-0.3, -0.25) is 10.1 Å². The number of anilines is 1. The van der Waals surface area contributed by atoms with Crippen molar-refractivity contribution in [2.75, 3.05) is 31.1 Å². The van der Waals surface area contributed by atoms with Gasteiger partial charge in [0, 0.05) is 49.6 Å². The molecule has 35 heavy (non-hydrogen) atoms. The first kappa shape index (κ1) is 24.0. The lowest BCUT2D eigenvalue weighted by atomic mass is 10.2. The van der Waals surface area contributed by atoms with Crippen LogP contribution in [0.2, 0.25) is 0 Å². The number of hydrogen-bond donors (Lipinski definition) is 2. The van der Waals surface area contributed by atoms with Gasteiger partial charge in [-0.15, -0.1) is 0 Å². The number of nitrogens with zero attached hydrogens (tertiary/aromatic N) is 6. The van der Waals surface area contributed by atoms with Crippen molar-refractivity contribution in [3.05, 3.63) is 76.8 Å². The fourth-order valence-electron chi connectivity index (χ4n) is 3.92. The molecule has 3 aromatic carbocycles. The Labute approximate surface area is 202 Å². The molecule has 0 aliphatic heterocycles. The number of hydrogen-bond acceptors (Lipinski definition) is 8. The monoisotopic (exact) mass is 473 g/mol. The lowest BCUT2D eigenvalue weighted by Gasteiger charge is -2.21. The second-order valence-corrected chi connectivity index (χ2v) is 7.87. The number of benzene rings is 3. The van der Waals surface area contributed by atoms with Crippen molar-refractivity contribution < 1.29 is 10.0 Å². The highest BCUT2D eigenvalue weighted by Crippen LogP contribution is 2.29. The Morgan fingerprint density at radius 1 is 1.06 bits per heavy atom. The number of imidazole rings is 1. The number of non-ortho nitro benzene ring substituents is 1. The minimum atomic E-state index is -0.427. The van der Waals surface area contributed by atoms with Crippen LogP contribution in [0.1, 0.15) is 6.92 Å². The van der Waals surface area contributed by atoms with Crippen molar-refractivity contribution in [2.45, 2.75) is 13.5 Å². The van der Waals surface area contributed by atoms with E-state index in [0.29, 0.717) is 36.7 Å². The minimum Gasteiger partial charge on any atom is -0.395 e. The van der Waals surface area contributed by atoms with E-state index in [1.807, 2.05) is 60.0 Å². The van der Waals surface area contributed by atoms with Crippen LogP contribution >= 0.6 is 0 Å². The molecule has 0 atom stereocenters. The summed E-state index contributed by atoms with van der Waals surface area (Å²) in [6.45, 7) is 4.49. The van der Waals surface area contributed by atoms with Gasteiger partial charge in [-0.2, -0.15) is 10.2 Å². The van der Waals surface area contributed by atoms with E-state index >= 15 is 0 Å². The summed E-state index contributed by atoms with van der Waals surface area (Å²) in [5.41, 5.74) is 10.4. The van der Waals surface area contributed by atoms with Crippen molar-refractivity contribution in [3.8, 4) is 11.4 Å². The van der Waals surface area contributed by atoms with Gasteiger partial charge in [-0.25, -0.2) is 4.98 Å². The molecule has 1 heterocycles. The summed E-state index contributed by atoms with van der Waals surface area (Å²) >= 11 is 0. The van der Waals surface area contributed by atoms with Crippen molar-refractivity contribution in [1.29, 1.82) is 0 Å². The van der Waals surface area contributed by atoms with Gasteiger partial charge >= 0.3 is 0 Å². The normalized spacial score (nSPS) is 11.4. The van der Waals surface area contributed by atoms with Gasteiger partial charge in [0.1, 0.15) is 5.82 Å². The van der Waals surface area contributed by atoms with Crippen LogP contribution in [0.3, 0.4) is 0 Å². The Hall–Kier alpha value is -4.15. The summed E-state index contributed by atoms with van der Waals surface area (Å²) in [7, 11) is 0. The van der Waals surface area contributed by atoms with Crippen LogP contribution in [0.4, 0.5) is 22.7 Å². The maximum Gasteiger partial charge on any atom is 0.271 e. The molecule has 3 N–H and O–H groups in total. The number of azo groups is 1. The van der Waals surface area contributed by atoms with Gasteiger partial charge in [0.2, 0.25) is 0 Å². The van der Waals surface area contributed by atoms with E-state index in [1.54, 1.807) is 6.07 Å². The number of aliphatic hydroxyl groups is 1. The summed E-state index contributed by atoms with van der Waals surface area (Å²) in [6, 6.07) is 19.9. The van der Waals surface area contributed by atoms with Crippen molar-refractivity contribution >= 4 is 33.8 Å². The van der Waals surface area contributed by atoms with Crippen LogP contribution in [0.15, 0.2) is 77.0 Å². The highest BCUT2D eigenvalue weighted by molar-refractivity contribution is 5.83. The number of likely N-dealkylation sites (N-methyl/N-ethyl adjacent to an activating group) is 1. The molecule has 0 fully saturated rings. The SMILES string of the molecule is CCN(CCO)c1ccc(N=Nc2ccc(-c3nc4cc([N+](=O)[O-])ccc4n3CCN)cc2)cc1. The molecule has 0 bridgehead atoms. The molecule has 180 valence electrons. The van der Waals surface area contributed by atoms with Gasteiger partial charge < -0.3 is 20.3 Å². The Morgan fingerprint density at radius 3 is 2.29 bits per heavy atom. The Balaban J connectivity index is 1.55. The molecule has 0 saturated heterocycles. The third-order valence-corrected chi connectivity index (χ3v) is 5.67. The van der Waals surface area contributed by atoms with Gasteiger partial charge in [-0.1, -0.05) is 0 Å². The molecule has 0 spiro atoms.